The third-order valence-corrected chi connectivity index (χ3v) is 6.40. The number of rotatable bonds is 4. The minimum atomic E-state index is -0.811. The molecule has 0 N–H and O–H groups in total. The van der Waals surface area contributed by atoms with E-state index in [4.69, 9.17) is 0 Å². The van der Waals surface area contributed by atoms with Gasteiger partial charge in [-0.25, -0.2) is 8.78 Å². The van der Waals surface area contributed by atoms with E-state index in [2.05, 4.69) is 4.90 Å². The number of likely N-dealkylation sites (N-methyl/N-ethyl adjacent to an activating group) is 1. The van der Waals surface area contributed by atoms with Crippen molar-refractivity contribution < 1.29 is 23.2 Å². The number of carbonyl (C=O) groups is 3. The van der Waals surface area contributed by atoms with Gasteiger partial charge in [-0.05, 0) is 54.7 Å². The van der Waals surface area contributed by atoms with Gasteiger partial charge in [-0.2, -0.15) is 0 Å². The summed E-state index contributed by atoms with van der Waals surface area (Å²) < 4.78 is 27.8. The Bertz CT molecular complexity index is 1080. The molecule has 2 aliphatic rings. The molecule has 0 bridgehead atoms. The summed E-state index contributed by atoms with van der Waals surface area (Å²) in [5.41, 5.74) is 0.861. The molecule has 4 rings (SSSR count). The lowest BCUT2D eigenvalue weighted by molar-refractivity contribution is -0.123. The van der Waals surface area contributed by atoms with Gasteiger partial charge in [0.15, 0.2) is 0 Å². The van der Waals surface area contributed by atoms with Gasteiger partial charge in [0.05, 0.1) is 11.4 Å². The van der Waals surface area contributed by atoms with Gasteiger partial charge < -0.3 is 9.80 Å². The molecule has 2 aromatic carbocycles. The Kier molecular flexibility index (Phi) is 6.38. The second kappa shape index (κ2) is 9.22. The fraction of sp³-hybridized carbons (Fsp3) is 0.261. The van der Waals surface area contributed by atoms with Crippen molar-refractivity contribution >= 4 is 34.9 Å². The van der Waals surface area contributed by atoms with Crippen molar-refractivity contribution in [2.24, 2.45) is 0 Å². The predicted molar refractivity (Wildman–Crippen MR) is 118 cm³/mol. The molecule has 9 heteroatoms. The van der Waals surface area contributed by atoms with Crippen LogP contribution in [0.4, 0.5) is 13.6 Å². The molecule has 2 saturated heterocycles. The lowest BCUT2D eigenvalue weighted by Gasteiger charge is -2.32. The summed E-state index contributed by atoms with van der Waals surface area (Å²) in [6, 6.07) is 10.2. The quantitative estimate of drug-likeness (QED) is 0.657. The van der Waals surface area contributed by atoms with Crippen LogP contribution in [0.1, 0.15) is 21.5 Å². The van der Waals surface area contributed by atoms with E-state index in [1.165, 1.54) is 12.1 Å². The molecule has 166 valence electrons. The minimum Gasteiger partial charge on any atom is -0.336 e. The van der Waals surface area contributed by atoms with Crippen LogP contribution in [-0.2, 0) is 11.3 Å². The number of amides is 3. The van der Waals surface area contributed by atoms with Gasteiger partial charge in [0, 0.05) is 37.3 Å². The summed E-state index contributed by atoms with van der Waals surface area (Å²) in [5, 5.41) is -0.592. The van der Waals surface area contributed by atoms with Crippen LogP contribution in [0, 0.1) is 11.6 Å². The number of hydrogen-bond acceptors (Lipinski definition) is 5. The normalized spacial score (nSPS) is 18.7. The summed E-state index contributed by atoms with van der Waals surface area (Å²) in [6.45, 7) is 2.53. The molecule has 2 aromatic rings. The number of benzene rings is 2. The molecule has 0 spiro atoms. The summed E-state index contributed by atoms with van der Waals surface area (Å²) >= 11 is 0.715. The largest absolute Gasteiger partial charge is 0.336 e. The van der Waals surface area contributed by atoms with E-state index in [1.54, 1.807) is 24.3 Å². The Morgan fingerprint density at radius 2 is 1.62 bits per heavy atom. The van der Waals surface area contributed by atoms with Gasteiger partial charge in [-0.1, -0.05) is 18.2 Å². The van der Waals surface area contributed by atoms with E-state index < -0.39 is 29.3 Å². The zero-order valence-corrected chi connectivity index (χ0v) is 18.2. The van der Waals surface area contributed by atoms with Crippen molar-refractivity contribution in [2.45, 2.75) is 6.54 Å². The first kappa shape index (κ1) is 22.2. The Balaban J connectivity index is 1.46. The Morgan fingerprint density at radius 1 is 1.00 bits per heavy atom. The van der Waals surface area contributed by atoms with Crippen LogP contribution in [-0.4, -0.2) is 65.0 Å². The second-order valence-electron chi connectivity index (χ2n) is 7.69. The molecule has 32 heavy (non-hydrogen) atoms. The average Bonchev–Trinajstić information content (AvgIpc) is 3.04. The Morgan fingerprint density at radius 3 is 2.25 bits per heavy atom. The van der Waals surface area contributed by atoms with Gasteiger partial charge in [0.25, 0.3) is 17.1 Å². The maximum Gasteiger partial charge on any atom is 0.293 e. The molecule has 0 radical (unpaired) electrons. The number of hydrogen-bond donors (Lipinski definition) is 0. The summed E-state index contributed by atoms with van der Waals surface area (Å²) in [4.78, 5) is 42.5. The van der Waals surface area contributed by atoms with Gasteiger partial charge in [-0.15, -0.1) is 0 Å². The summed E-state index contributed by atoms with van der Waals surface area (Å²) in [5.74, 6) is -2.28. The molecular weight excluding hydrogens is 436 g/mol. The molecule has 0 saturated carbocycles. The molecule has 0 aromatic heterocycles. The lowest BCUT2D eigenvalue weighted by atomic mass is 10.1. The first-order chi connectivity index (χ1) is 15.3. The van der Waals surface area contributed by atoms with E-state index in [1.807, 2.05) is 11.9 Å². The van der Waals surface area contributed by atoms with Gasteiger partial charge in [0.2, 0.25) is 0 Å². The average molecular weight is 458 g/mol. The van der Waals surface area contributed by atoms with Crippen LogP contribution < -0.4 is 0 Å². The topological polar surface area (TPSA) is 60.9 Å². The Labute approximate surface area is 188 Å². The number of imide groups is 1. The molecule has 0 unspecified atom stereocenters. The number of halogens is 2. The number of thioether (sulfide) groups is 1. The highest BCUT2D eigenvalue weighted by Crippen LogP contribution is 2.34. The molecule has 0 atom stereocenters. The van der Waals surface area contributed by atoms with Gasteiger partial charge in [-0.3, -0.25) is 19.3 Å². The molecule has 2 heterocycles. The van der Waals surface area contributed by atoms with E-state index >= 15 is 0 Å². The second-order valence-corrected chi connectivity index (χ2v) is 8.68. The number of piperazine rings is 1. The molecule has 2 fully saturated rings. The van der Waals surface area contributed by atoms with E-state index in [9.17, 15) is 23.2 Å². The third kappa shape index (κ3) is 4.58. The molecule has 3 amide bonds. The predicted octanol–water partition coefficient (Wildman–Crippen LogP) is 3.59. The number of nitrogens with zero attached hydrogens (tertiary/aromatic N) is 3. The highest BCUT2D eigenvalue weighted by atomic mass is 32.2. The van der Waals surface area contributed by atoms with Crippen molar-refractivity contribution in [1.82, 2.24) is 14.7 Å². The molecular formula is C23H21F2N3O3S. The van der Waals surface area contributed by atoms with Crippen LogP contribution in [0.5, 0.6) is 0 Å². The van der Waals surface area contributed by atoms with Crippen LogP contribution in [0.25, 0.3) is 6.08 Å². The zero-order valence-electron chi connectivity index (χ0n) is 17.4. The maximum absolute atomic E-state index is 13.9. The maximum atomic E-state index is 13.9. The summed E-state index contributed by atoms with van der Waals surface area (Å²) in [7, 11) is 2.02. The van der Waals surface area contributed by atoms with Crippen molar-refractivity contribution in [3.05, 3.63) is 75.7 Å². The SMILES string of the molecule is CN1CCN(C(=O)c2ccc(/C=C3\SC(=O)N(Cc4c(F)cccc4F)C3=O)cc2)CC1. The Hall–Kier alpha value is -3.04. The zero-order chi connectivity index (χ0) is 22.8. The van der Waals surface area contributed by atoms with Crippen LogP contribution in [0.3, 0.4) is 0 Å². The first-order valence-corrected chi connectivity index (χ1v) is 10.9. The van der Waals surface area contributed by atoms with E-state index in [-0.39, 0.29) is 16.4 Å². The van der Waals surface area contributed by atoms with Gasteiger partial charge >= 0.3 is 0 Å². The monoisotopic (exact) mass is 457 g/mol. The van der Waals surface area contributed by atoms with Crippen LogP contribution >= 0.6 is 11.8 Å². The highest BCUT2D eigenvalue weighted by molar-refractivity contribution is 8.18. The van der Waals surface area contributed by atoms with Crippen LogP contribution in [0.15, 0.2) is 47.4 Å². The minimum absolute atomic E-state index is 0.0445. The molecule has 0 aliphatic carbocycles. The van der Waals surface area contributed by atoms with Gasteiger partial charge in [0.1, 0.15) is 11.6 Å². The van der Waals surface area contributed by atoms with Crippen molar-refractivity contribution in [2.75, 3.05) is 33.2 Å². The molecule has 2 aliphatic heterocycles. The lowest BCUT2D eigenvalue weighted by Crippen LogP contribution is -2.47. The van der Waals surface area contributed by atoms with Crippen molar-refractivity contribution in [1.29, 1.82) is 0 Å². The first-order valence-electron chi connectivity index (χ1n) is 10.1. The standard InChI is InChI=1S/C23H21F2N3O3S/c1-26-9-11-27(12-10-26)21(29)16-7-5-15(6-8-16)13-20-22(30)28(23(31)32-20)14-17-18(24)3-2-4-19(17)25/h2-8,13H,9-12,14H2,1H3/b20-13-. The van der Waals surface area contributed by atoms with E-state index in [0.29, 0.717) is 36.0 Å². The fourth-order valence-electron chi connectivity index (χ4n) is 3.54. The van der Waals surface area contributed by atoms with Crippen molar-refractivity contribution in [3.63, 3.8) is 0 Å². The van der Waals surface area contributed by atoms with Crippen LogP contribution in [0.2, 0.25) is 0 Å². The summed E-state index contributed by atoms with van der Waals surface area (Å²) in [6.07, 6.45) is 1.53. The van der Waals surface area contributed by atoms with Crippen molar-refractivity contribution in [3.8, 4) is 0 Å². The smallest absolute Gasteiger partial charge is 0.293 e. The molecule has 6 nitrogen and oxygen atoms in total. The fourth-order valence-corrected chi connectivity index (χ4v) is 4.38. The highest BCUT2D eigenvalue weighted by Gasteiger charge is 2.36. The van der Waals surface area contributed by atoms with E-state index in [0.717, 1.165) is 30.1 Å². The third-order valence-electron chi connectivity index (χ3n) is 5.50. The number of carbonyl (C=O) groups excluding carboxylic acids is 3.